The maximum atomic E-state index is 13.0. The van der Waals surface area contributed by atoms with Crippen LogP contribution in [-0.2, 0) is 9.53 Å². The lowest BCUT2D eigenvalue weighted by Gasteiger charge is -2.33. The van der Waals surface area contributed by atoms with E-state index in [2.05, 4.69) is 34.0 Å². The largest absolute Gasteiger partial charge is 0.373 e. The van der Waals surface area contributed by atoms with E-state index in [0.717, 1.165) is 25.7 Å². The molecular weight excluding hydrogens is 284 g/mol. The van der Waals surface area contributed by atoms with E-state index in [4.69, 9.17) is 4.74 Å². The van der Waals surface area contributed by atoms with E-state index in [0.29, 0.717) is 6.10 Å². The standard InChI is InChI=1S/C16H22N2O2S/c1-3-16(2)15(19)18(12-8-11-4-5-13(12)20-11)14(17-16)10-6-7-21-9-10/h6-7,9,11-14,17H,3-5,8H2,1-2H3. The molecule has 1 aromatic heterocycles. The Labute approximate surface area is 129 Å². The van der Waals surface area contributed by atoms with Crippen molar-refractivity contribution in [2.75, 3.05) is 0 Å². The molecule has 21 heavy (non-hydrogen) atoms. The number of nitrogens with zero attached hydrogens (tertiary/aromatic N) is 1. The molecule has 4 nitrogen and oxygen atoms in total. The number of nitrogens with one attached hydrogen (secondary N) is 1. The number of amides is 1. The molecule has 3 saturated heterocycles. The van der Waals surface area contributed by atoms with Crippen molar-refractivity contribution < 1.29 is 9.53 Å². The second-order valence-electron chi connectivity index (χ2n) is 6.68. The summed E-state index contributed by atoms with van der Waals surface area (Å²) in [5.74, 6) is 0.238. The normalized spacial score (nSPS) is 42.2. The van der Waals surface area contributed by atoms with E-state index in [9.17, 15) is 4.79 Å². The molecular formula is C16H22N2O2S. The molecule has 5 heteroatoms. The van der Waals surface area contributed by atoms with Crippen molar-refractivity contribution in [1.82, 2.24) is 10.2 Å². The maximum Gasteiger partial charge on any atom is 0.244 e. The van der Waals surface area contributed by atoms with Crippen molar-refractivity contribution in [3.8, 4) is 0 Å². The van der Waals surface area contributed by atoms with E-state index in [1.807, 2.05) is 6.92 Å². The van der Waals surface area contributed by atoms with E-state index in [-0.39, 0.29) is 24.2 Å². The van der Waals surface area contributed by atoms with Gasteiger partial charge in [-0.15, -0.1) is 0 Å². The number of carbonyl (C=O) groups is 1. The van der Waals surface area contributed by atoms with E-state index in [1.165, 1.54) is 5.56 Å². The highest BCUT2D eigenvalue weighted by atomic mass is 32.1. The molecule has 5 atom stereocenters. The van der Waals surface area contributed by atoms with Gasteiger partial charge in [0.25, 0.3) is 0 Å². The van der Waals surface area contributed by atoms with Gasteiger partial charge in [-0.2, -0.15) is 11.3 Å². The van der Waals surface area contributed by atoms with Crippen LogP contribution in [0.25, 0.3) is 0 Å². The predicted octanol–water partition coefficient (Wildman–Crippen LogP) is 2.67. The molecule has 4 heterocycles. The number of fused-ring (bicyclic) bond motifs is 2. The van der Waals surface area contributed by atoms with E-state index in [1.54, 1.807) is 11.3 Å². The zero-order valence-corrected chi connectivity index (χ0v) is 13.4. The molecule has 114 valence electrons. The third kappa shape index (κ3) is 1.98. The first-order valence-electron chi connectivity index (χ1n) is 7.90. The molecule has 3 fully saturated rings. The number of ether oxygens (including phenoxy) is 1. The molecule has 2 bridgehead atoms. The molecule has 5 unspecified atom stereocenters. The molecule has 0 radical (unpaired) electrons. The summed E-state index contributed by atoms with van der Waals surface area (Å²) in [4.78, 5) is 15.1. The lowest BCUT2D eigenvalue weighted by Crippen LogP contribution is -2.47. The van der Waals surface area contributed by atoms with Gasteiger partial charge in [-0.05, 0) is 55.0 Å². The Morgan fingerprint density at radius 3 is 2.95 bits per heavy atom. The number of hydrogen-bond donors (Lipinski definition) is 1. The van der Waals surface area contributed by atoms with Gasteiger partial charge >= 0.3 is 0 Å². The lowest BCUT2D eigenvalue weighted by atomic mass is 9.92. The van der Waals surface area contributed by atoms with Gasteiger partial charge in [-0.3, -0.25) is 10.1 Å². The van der Waals surface area contributed by atoms with Gasteiger partial charge in [0.1, 0.15) is 6.17 Å². The van der Waals surface area contributed by atoms with Gasteiger partial charge < -0.3 is 9.64 Å². The monoisotopic (exact) mass is 306 g/mol. The highest BCUT2D eigenvalue weighted by molar-refractivity contribution is 7.08. The number of thiophene rings is 1. The van der Waals surface area contributed by atoms with Crippen molar-refractivity contribution in [2.24, 2.45) is 0 Å². The Morgan fingerprint density at radius 2 is 2.38 bits per heavy atom. The third-order valence-corrected chi connectivity index (χ3v) is 6.14. The van der Waals surface area contributed by atoms with E-state index < -0.39 is 5.54 Å². The second kappa shape index (κ2) is 4.80. The average molecular weight is 306 g/mol. The minimum absolute atomic E-state index is 0.00153. The fourth-order valence-electron chi connectivity index (χ4n) is 4.01. The van der Waals surface area contributed by atoms with Crippen LogP contribution in [0, 0.1) is 0 Å². The van der Waals surface area contributed by atoms with Crippen molar-refractivity contribution in [1.29, 1.82) is 0 Å². The molecule has 0 aromatic carbocycles. The molecule has 0 aliphatic carbocycles. The topological polar surface area (TPSA) is 41.6 Å². The average Bonchev–Trinajstić information content (AvgIpc) is 3.23. The Balaban J connectivity index is 1.69. The Hall–Kier alpha value is -0.910. The molecule has 0 spiro atoms. The minimum Gasteiger partial charge on any atom is -0.373 e. The van der Waals surface area contributed by atoms with Gasteiger partial charge in [-0.1, -0.05) is 6.92 Å². The molecule has 4 rings (SSSR count). The van der Waals surface area contributed by atoms with Crippen molar-refractivity contribution in [3.05, 3.63) is 22.4 Å². The van der Waals surface area contributed by atoms with Crippen LogP contribution in [-0.4, -0.2) is 34.6 Å². The molecule has 3 aliphatic heterocycles. The number of rotatable bonds is 3. The van der Waals surface area contributed by atoms with Gasteiger partial charge in [0, 0.05) is 0 Å². The summed E-state index contributed by atoms with van der Waals surface area (Å²) in [5.41, 5.74) is 0.752. The van der Waals surface area contributed by atoms with Gasteiger partial charge in [0.2, 0.25) is 5.91 Å². The second-order valence-corrected chi connectivity index (χ2v) is 7.46. The summed E-state index contributed by atoms with van der Waals surface area (Å²) >= 11 is 1.69. The lowest BCUT2D eigenvalue weighted by molar-refractivity contribution is -0.136. The molecule has 3 aliphatic rings. The Bertz CT molecular complexity index is 546. The van der Waals surface area contributed by atoms with Crippen LogP contribution in [0.2, 0.25) is 0 Å². The zero-order valence-electron chi connectivity index (χ0n) is 12.5. The Morgan fingerprint density at radius 1 is 1.52 bits per heavy atom. The summed E-state index contributed by atoms with van der Waals surface area (Å²) in [6.07, 6.45) is 4.67. The van der Waals surface area contributed by atoms with Crippen LogP contribution in [0.5, 0.6) is 0 Å². The first-order valence-corrected chi connectivity index (χ1v) is 8.84. The predicted molar refractivity (Wildman–Crippen MR) is 82.0 cm³/mol. The van der Waals surface area contributed by atoms with Gasteiger partial charge in [0.15, 0.2) is 0 Å². The SMILES string of the molecule is CCC1(C)NC(c2ccsc2)N(C2CC3CCC2O3)C1=O. The van der Waals surface area contributed by atoms with Crippen LogP contribution in [0.1, 0.15) is 51.3 Å². The highest BCUT2D eigenvalue weighted by Gasteiger charge is 2.54. The smallest absolute Gasteiger partial charge is 0.244 e. The summed E-state index contributed by atoms with van der Waals surface area (Å²) in [5, 5.41) is 7.81. The summed E-state index contributed by atoms with van der Waals surface area (Å²) in [7, 11) is 0. The molecule has 1 N–H and O–H groups in total. The van der Waals surface area contributed by atoms with Crippen LogP contribution in [0.15, 0.2) is 16.8 Å². The van der Waals surface area contributed by atoms with Gasteiger partial charge in [-0.25, -0.2) is 0 Å². The van der Waals surface area contributed by atoms with Gasteiger partial charge in [0.05, 0.1) is 23.8 Å². The summed E-state index contributed by atoms with van der Waals surface area (Å²) < 4.78 is 5.99. The fraction of sp³-hybridized carbons (Fsp3) is 0.688. The molecule has 1 aromatic rings. The van der Waals surface area contributed by atoms with Crippen molar-refractivity contribution in [3.63, 3.8) is 0 Å². The first-order chi connectivity index (χ1) is 10.1. The summed E-state index contributed by atoms with van der Waals surface area (Å²) in [6, 6.07) is 2.36. The quantitative estimate of drug-likeness (QED) is 0.933. The van der Waals surface area contributed by atoms with E-state index >= 15 is 0 Å². The van der Waals surface area contributed by atoms with Crippen molar-refractivity contribution in [2.45, 2.75) is 69.5 Å². The summed E-state index contributed by atoms with van der Waals surface area (Å²) in [6.45, 7) is 4.11. The maximum absolute atomic E-state index is 13.0. The third-order valence-electron chi connectivity index (χ3n) is 5.44. The van der Waals surface area contributed by atoms with Crippen LogP contribution in [0.4, 0.5) is 0 Å². The zero-order chi connectivity index (χ0) is 14.6. The first kappa shape index (κ1) is 13.7. The number of hydrogen-bond acceptors (Lipinski definition) is 4. The number of carbonyl (C=O) groups excluding carboxylic acids is 1. The van der Waals surface area contributed by atoms with Crippen molar-refractivity contribution >= 4 is 17.2 Å². The molecule has 0 saturated carbocycles. The fourth-order valence-corrected chi connectivity index (χ4v) is 4.69. The van der Waals surface area contributed by atoms with Crippen LogP contribution in [0.3, 0.4) is 0 Å². The highest BCUT2D eigenvalue weighted by Crippen LogP contribution is 2.43. The van der Waals surface area contributed by atoms with Crippen LogP contribution >= 0.6 is 11.3 Å². The minimum atomic E-state index is -0.450. The Kier molecular flexibility index (Phi) is 3.14. The molecule has 1 amide bonds. The van der Waals surface area contributed by atoms with Crippen LogP contribution < -0.4 is 5.32 Å².